The quantitative estimate of drug-likeness (QED) is 0.858. The summed E-state index contributed by atoms with van der Waals surface area (Å²) in [6.07, 6.45) is 5.33. The molecule has 3 N–H and O–H groups in total. The van der Waals surface area contributed by atoms with Crippen molar-refractivity contribution in [2.24, 2.45) is 11.7 Å². The molecule has 5 nitrogen and oxygen atoms in total. The smallest absolute Gasteiger partial charge is 0.246 e. The van der Waals surface area contributed by atoms with Crippen LogP contribution in [0, 0.1) is 5.92 Å². The molecule has 102 valence electrons. The van der Waals surface area contributed by atoms with Gasteiger partial charge >= 0.3 is 0 Å². The van der Waals surface area contributed by atoms with Gasteiger partial charge < -0.3 is 15.4 Å². The summed E-state index contributed by atoms with van der Waals surface area (Å²) >= 11 is 0. The van der Waals surface area contributed by atoms with E-state index in [0.29, 0.717) is 11.8 Å². The molecule has 0 saturated heterocycles. The van der Waals surface area contributed by atoms with Crippen LogP contribution in [0.3, 0.4) is 0 Å². The number of rotatable bonds is 4. The van der Waals surface area contributed by atoms with Gasteiger partial charge in [-0.05, 0) is 38.5 Å². The molecule has 5 heteroatoms. The molecule has 0 bridgehead atoms. The summed E-state index contributed by atoms with van der Waals surface area (Å²) in [5.74, 6) is 2.35. The van der Waals surface area contributed by atoms with Crippen molar-refractivity contribution >= 4 is 0 Å². The molecule has 1 fully saturated rings. The normalized spacial score (nSPS) is 28.0. The van der Waals surface area contributed by atoms with Gasteiger partial charge in [0.05, 0.1) is 6.10 Å². The zero-order valence-electron chi connectivity index (χ0n) is 11.2. The van der Waals surface area contributed by atoms with Crippen LogP contribution >= 0.6 is 0 Å². The zero-order chi connectivity index (χ0) is 13.1. The first-order valence-corrected chi connectivity index (χ1v) is 6.89. The molecule has 0 unspecified atom stereocenters. The van der Waals surface area contributed by atoms with Crippen LogP contribution in [0.15, 0.2) is 4.52 Å². The van der Waals surface area contributed by atoms with E-state index in [-0.39, 0.29) is 0 Å². The summed E-state index contributed by atoms with van der Waals surface area (Å²) in [5.41, 5.74) is 5.78. The third kappa shape index (κ3) is 2.90. The number of hydrogen-bond acceptors (Lipinski definition) is 5. The van der Waals surface area contributed by atoms with E-state index in [1.54, 1.807) is 6.92 Å². The van der Waals surface area contributed by atoms with Crippen molar-refractivity contribution in [3.63, 3.8) is 0 Å². The maximum absolute atomic E-state index is 9.41. The summed E-state index contributed by atoms with van der Waals surface area (Å²) in [6, 6.07) is -0.585. The molecule has 1 heterocycles. The molecule has 1 saturated carbocycles. The first-order valence-electron chi connectivity index (χ1n) is 6.89. The average Bonchev–Trinajstić information content (AvgIpc) is 2.87. The minimum absolute atomic E-state index is 0.345. The monoisotopic (exact) mass is 253 g/mol. The van der Waals surface area contributed by atoms with Crippen LogP contribution in [-0.4, -0.2) is 21.4 Å². The van der Waals surface area contributed by atoms with Crippen LogP contribution in [0.4, 0.5) is 0 Å². The second kappa shape index (κ2) is 5.80. The SMILES string of the molecule is CCC1CCC(c2noc([C@@H](N)[C@@H](C)O)n2)CC1. The Hall–Kier alpha value is -0.940. The van der Waals surface area contributed by atoms with Gasteiger partial charge in [0.15, 0.2) is 5.82 Å². The van der Waals surface area contributed by atoms with E-state index < -0.39 is 12.1 Å². The zero-order valence-corrected chi connectivity index (χ0v) is 11.2. The highest BCUT2D eigenvalue weighted by Gasteiger charge is 2.27. The predicted octanol–water partition coefficient (Wildman–Crippen LogP) is 2.13. The Morgan fingerprint density at radius 3 is 2.61 bits per heavy atom. The van der Waals surface area contributed by atoms with Gasteiger partial charge in [-0.2, -0.15) is 4.98 Å². The van der Waals surface area contributed by atoms with E-state index >= 15 is 0 Å². The fraction of sp³-hybridized carbons (Fsp3) is 0.846. The summed E-state index contributed by atoms with van der Waals surface area (Å²) < 4.78 is 5.15. The second-order valence-electron chi connectivity index (χ2n) is 5.38. The van der Waals surface area contributed by atoms with Gasteiger partial charge in [0, 0.05) is 5.92 Å². The Labute approximate surface area is 108 Å². The number of aliphatic hydroxyl groups is 1. The lowest BCUT2D eigenvalue weighted by Crippen LogP contribution is -2.23. The van der Waals surface area contributed by atoms with E-state index in [1.807, 2.05) is 0 Å². The van der Waals surface area contributed by atoms with Gasteiger partial charge in [0.25, 0.3) is 0 Å². The molecule has 18 heavy (non-hydrogen) atoms. The maximum atomic E-state index is 9.41. The number of aromatic nitrogens is 2. The summed E-state index contributed by atoms with van der Waals surface area (Å²) in [4.78, 5) is 4.34. The number of aliphatic hydroxyl groups excluding tert-OH is 1. The molecule has 0 amide bonds. The lowest BCUT2D eigenvalue weighted by Gasteiger charge is -2.25. The highest BCUT2D eigenvalue weighted by Crippen LogP contribution is 2.35. The molecule has 0 radical (unpaired) electrons. The minimum Gasteiger partial charge on any atom is -0.391 e. The van der Waals surface area contributed by atoms with Gasteiger partial charge in [-0.15, -0.1) is 0 Å². The van der Waals surface area contributed by atoms with Gasteiger partial charge in [0.2, 0.25) is 5.89 Å². The lowest BCUT2D eigenvalue weighted by molar-refractivity contribution is 0.146. The topological polar surface area (TPSA) is 85.2 Å². The molecule has 0 spiro atoms. The Morgan fingerprint density at radius 2 is 2.06 bits per heavy atom. The van der Waals surface area contributed by atoms with Crippen molar-refractivity contribution in [2.75, 3.05) is 0 Å². The Bertz CT molecular complexity index is 370. The second-order valence-corrected chi connectivity index (χ2v) is 5.38. The Balaban J connectivity index is 1.98. The van der Waals surface area contributed by atoms with Crippen LogP contribution < -0.4 is 5.73 Å². The van der Waals surface area contributed by atoms with Gasteiger partial charge in [-0.3, -0.25) is 0 Å². The molecule has 2 rings (SSSR count). The van der Waals surface area contributed by atoms with Crippen LogP contribution in [-0.2, 0) is 0 Å². The van der Waals surface area contributed by atoms with Crippen molar-refractivity contribution in [1.82, 2.24) is 10.1 Å². The van der Waals surface area contributed by atoms with Gasteiger partial charge in [-0.1, -0.05) is 18.5 Å². The molecule has 2 atom stereocenters. The molecule has 1 aromatic rings. The Morgan fingerprint density at radius 1 is 1.39 bits per heavy atom. The van der Waals surface area contributed by atoms with Crippen molar-refractivity contribution in [3.05, 3.63) is 11.7 Å². The van der Waals surface area contributed by atoms with Crippen molar-refractivity contribution in [1.29, 1.82) is 0 Å². The average molecular weight is 253 g/mol. The van der Waals surface area contributed by atoms with E-state index in [4.69, 9.17) is 10.3 Å². The third-order valence-electron chi connectivity index (χ3n) is 4.05. The predicted molar refractivity (Wildman–Crippen MR) is 67.9 cm³/mol. The maximum Gasteiger partial charge on any atom is 0.246 e. The molecule has 1 aromatic heterocycles. The minimum atomic E-state index is -0.672. The van der Waals surface area contributed by atoms with Crippen molar-refractivity contribution < 1.29 is 9.63 Å². The fourth-order valence-corrected chi connectivity index (χ4v) is 2.58. The summed E-state index contributed by atoms with van der Waals surface area (Å²) in [7, 11) is 0. The molecular formula is C13H23N3O2. The van der Waals surface area contributed by atoms with Gasteiger partial charge in [-0.25, -0.2) is 0 Å². The standard InChI is InChI=1S/C13H23N3O2/c1-3-9-4-6-10(7-5-9)12-15-13(18-16-12)11(14)8(2)17/h8-11,17H,3-7,14H2,1-2H3/t8-,9?,10?,11+/m1/s1. The molecular weight excluding hydrogens is 230 g/mol. The van der Waals surface area contributed by atoms with E-state index in [9.17, 15) is 5.11 Å². The van der Waals surface area contributed by atoms with E-state index in [1.165, 1.54) is 19.3 Å². The highest BCUT2D eigenvalue weighted by atomic mass is 16.5. The third-order valence-corrected chi connectivity index (χ3v) is 4.05. The lowest BCUT2D eigenvalue weighted by atomic mass is 9.80. The summed E-state index contributed by atoms with van der Waals surface area (Å²) in [5, 5.41) is 13.4. The molecule has 1 aliphatic rings. The van der Waals surface area contributed by atoms with Crippen molar-refractivity contribution in [2.45, 2.75) is 64.0 Å². The van der Waals surface area contributed by atoms with Crippen LogP contribution in [0.25, 0.3) is 0 Å². The highest BCUT2D eigenvalue weighted by molar-refractivity contribution is 5.00. The number of hydrogen-bond donors (Lipinski definition) is 2. The first-order chi connectivity index (χ1) is 8.61. The van der Waals surface area contributed by atoms with E-state index in [0.717, 1.165) is 24.6 Å². The van der Waals surface area contributed by atoms with Crippen LogP contribution in [0.5, 0.6) is 0 Å². The van der Waals surface area contributed by atoms with Crippen molar-refractivity contribution in [3.8, 4) is 0 Å². The van der Waals surface area contributed by atoms with Gasteiger partial charge in [0.1, 0.15) is 6.04 Å². The van der Waals surface area contributed by atoms with Crippen LogP contribution in [0.1, 0.15) is 69.6 Å². The molecule has 0 aliphatic heterocycles. The summed E-state index contributed by atoms with van der Waals surface area (Å²) in [6.45, 7) is 3.88. The van der Waals surface area contributed by atoms with E-state index in [2.05, 4.69) is 17.1 Å². The Kier molecular flexibility index (Phi) is 4.35. The van der Waals surface area contributed by atoms with Crippen LogP contribution in [0.2, 0.25) is 0 Å². The first kappa shape index (κ1) is 13.5. The number of nitrogens with two attached hydrogens (primary N) is 1. The molecule has 1 aliphatic carbocycles. The number of nitrogens with zero attached hydrogens (tertiary/aromatic N) is 2. The molecule has 0 aromatic carbocycles. The largest absolute Gasteiger partial charge is 0.391 e. The fourth-order valence-electron chi connectivity index (χ4n) is 2.58.